The Hall–Kier alpha value is -1.16. The van der Waals surface area contributed by atoms with E-state index in [4.69, 9.17) is 5.73 Å². The number of aromatic nitrogens is 2. The topological polar surface area (TPSA) is 60.9 Å². The molecular formula is C12H21N3O. The molecule has 0 amide bonds. The molecule has 0 aromatic carbocycles. The van der Waals surface area contributed by atoms with Crippen molar-refractivity contribution in [2.45, 2.75) is 45.1 Å². The predicted molar refractivity (Wildman–Crippen MR) is 64.0 cm³/mol. The Morgan fingerprint density at radius 2 is 2.31 bits per heavy atom. The van der Waals surface area contributed by atoms with Crippen LogP contribution < -0.4 is 5.73 Å². The maximum absolute atomic E-state index is 11.9. The highest BCUT2D eigenvalue weighted by atomic mass is 16.1. The number of hydrogen-bond donors (Lipinski definition) is 1. The molecule has 0 saturated carbocycles. The van der Waals surface area contributed by atoms with Gasteiger partial charge in [-0.05, 0) is 13.3 Å². The van der Waals surface area contributed by atoms with Crippen LogP contribution in [0.5, 0.6) is 0 Å². The number of Topliss-reactive ketones (excluding diaryl/α,β-unsaturated/α-hetero) is 1. The molecule has 0 aliphatic carbocycles. The van der Waals surface area contributed by atoms with Crippen molar-refractivity contribution in [2.24, 2.45) is 12.8 Å². The van der Waals surface area contributed by atoms with Crippen LogP contribution >= 0.6 is 0 Å². The molecule has 4 nitrogen and oxygen atoms in total. The normalized spacial score (nSPS) is 14.8. The second-order valence-electron chi connectivity index (χ2n) is 4.55. The summed E-state index contributed by atoms with van der Waals surface area (Å²) in [5, 5.41) is 0. The van der Waals surface area contributed by atoms with Gasteiger partial charge in [0, 0.05) is 32.3 Å². The van der Waals surface area contributed by atoms with E-state index in [1.807, 2.05) is 31.7 Å². The highest BCUT2D eigenvalue weighted by molar-refractivity contribution is 5.87. The van der Waals surface area contributed by atoms with Crippen molar-refractivity contribution < 1.29 is 4.79 Å². The van der Waals surface area contributed by atoms with Gasteiger partial charge in [-0.2, -0.15) is 0 Å². The minimum atomic E-state index is -0.681. The Labute approximate surface area is 96.9 Å². The molecular weight excluding hydrogens is 202 g/mol. The lowest BCUT2D eigenvalue weighted by atomic mass is 9.90. The van der Waals surface area contributed by atoms with E-state index < -0.39 is 5.54 Å². The molecule has 90 valence electrons. The molecule has 0 fully saturated rings. The summed E-state index contributed by atoms with van der Waals surface area (Å²) in [7, 11) is 1.93. The molecule has 1 heterocycles. The highest BCUT2D eigenvalue weighted by Gasteiger charge is 2.26. The Balaban J connectivity index is 2.50. The first-order valence-corrected chi connectivity index (χ1v) is 5.75. The van der Waals surface area contributed by atoms with Crippen molar-refractivity contribution in [3.63, 3.8) is 0 Å². The zero-order valence-electron chi connectivity index (χ0n) is 10.4. The monoisotopic (exact) mass is 223 g/mol. The van der Waals surface area contributed by atoms with Crippen LogP contribution in [0.4, 0.5) is 0 Å². The van der Waals surface area contributed by atoms with Crippen molar-refractivity contribution in [3.05, 3.63) is 18.2 Å². The lowest BCUT2D eigenvalue weighted by molar-refractivity contribution is -0.123. The maximum atomic E-state index is 11.9. The van der Waals surface area contributed by atoms with Crippen LogP contribution in [-0.4, -0.2) is 20.9 Å². The Morgan fingerprint density at radius 3 is 2.81 bits per heavy atom. The van der Waals surface area contributed by atoms with Crippen LogP contribution in [0.25, 0.3) is 0 Å². The zero-order valence-corrected chi connectivity index (χ0v) is 10.4. The van der Waals surface area contributed by atoms with Gasteiger partial charge in [0.15, 0.2) is 5.78 Å². The Kier molecular flexibility index (Phi) is 4.24. The van der Waals surface area contributed by atoms with Gasteiger partial charge in [-0.15, -0.1) is 0 Å². The lowest BCUT2D eigenvalue weighted by Crippen LogP contribution is -2.44. The highest BCUT2D eigenvalue weighted by Crippen LogP contribution is 2.13. The third-order valence-electron chi connectivity index (χ3n) is 2.90. The number of imidazole rings is 1. The molecule has 1 atom stereocenters. The van der Waals surface area contributed by atoms with E-state index in [2.05, 4.69) is 4.98 Å². The average Bonchev–Trinajstić information content (AvgIpc) is 2.60. The molecule has 0 aliphatic rings. The summed E-state index contributed by atoms with van der Waals surface area (Å²) in [5.74, 6) is 1.05. The molecule has 2 N–H and O–H groups in total. The van der Waals surface area contributed by atoms with Crippen molar-refractivity contribution in [2.75, 3.05) is 0 Å². The fourth-order valence-electron chi connectivity index (χ4n) is 1.81. The number of carbonyl (C=O) groups is 1. The van der Waals surface area contributed by atoms with Crippen LogP contribution in [0.2, 0.25) is 0 Å². The van der Waals surface area contributed by atoms with Crippen molar-refractivity contribution in [3.8, 4) is 0 Å². The van der Waals surface area contributed by atoms with Crippen LogP contribution in [0.1, 0.15) is 38.9 Å². The zero-order chi connectivity index (χ0) is 12.2. The van der Waals surface area contributed by atoms with E-state index in [1.165, 1.54) is 0 Å². The van der Waals surface area contributed by atoms with Gasteiger partial charge in [0.1, 0.15) is 5.82 Å². The van der Waals surface area contributed by atoms with Gasteiger partial charge >= 0.3 is 0 Å². The van der Waals surface area contributed by atoms with Crippen molar-refractivity contribution in [1.82, 2.24) is 9.55 Å². The first-order valence-electron chi connectivity index (χ1n) is 5.75. The summed E-state index contributed by atoms with van der Waals surface area (Å²) in [6.45, 7) is 3.86. The van der Waals surface area contributed by atoms with Gasteiger partial charge in [0.05, 0.1) is 5.54 Å². The number of ketones is 1. The third-order valence-corrected chi connectivity index (χ3v) is 2.90. The van der Waals surface area contributed by atoms with Gasteiger partial charge in [0.25, 0.3) is 0 Å². The first-order chi connectivity index (χ1) is 7.47. The van der Waals surface area contributed by atoms with Gasteiger partial charge in [-0.3, -0.25) is 4.79 Å². The molecule has 1 unspecified atom stereocenters. The minimum Gasteiger partial charge on any atom is -0.338 e. The second kappa shape index (κ2) is 5.25. The maximum Gasteiger partial charge on any atom is 0.152 e. The summed E-state index contributed by atoms with van der Waals surface area (Å²) in [6, 6.07) is 0. The standard InChI is InChI=1S/C12H21N3O/c1-4-7-12(2,13)10(16)5-6-11-14-8-9-15(11)3/h8-9H,4-7,13H2,1-3H3. The summed E-state index contributed by atoms with van der Waals surface area (Å²) in [4.78, 5) is 16.1. The van der Waals surface area contributed by atoms with Gasteiger partial charge in [0.2, 0.25) is 0 Å². The number of carbonyl (C=O) groups excluding carboxylic acids is 1. The number of hydrogen-bond acceptors (Lipinski definition) is 3. The first kappa shape index (κ1) is 12.9. The van der Waals surface area contributed by atoms with Crippen LogP contribution in [0.3, 0.4) is 0 Å². The molecule has 1 aromatic heterocycles. The molecule has 16 heavy (non-hydrogen) atoms. The summed E-state index contributed by atoms with van der Waals surface area (Å²) in [6.07, 6.45) is 6.44. The molecule has 0 radical (unpaired) electrons. The predicted octanol–water partition coefficient (Wildman–Crippen LogP) is 1.44. The van der Waals surface area contributed by atoms with E-state index in [1.54, 1.807) is 6.20 Å². The van der Waals surface area contributed by atoms with E-state index >= 15 is 0 Å². The van der Waals surface area contributed by atoms with Gasteiger partial charge in [-0.25, -0.2) is 4.98 Å². The molecule has 0 aliphatic heterocycles. The van der Waals surface area contributed by atoms with Crippen LogP contribution in [0.15, 0.2) is 12.4 Å². The Morgan fingerprint density at radius 1 is 1.62 bits per heavy atom. The van der Waals surface area contributed by atoms with Crippen LogP contribution in [-0.2, 0) is 18.3 Å². The summed E-state index contributed by atoms with van der Waals surface area (Å²) in [5.41, 5.74) is 5.29. The Bertz CT molecular complexity index is 355. The van der Waals surface area contributed by atoms with E-state index in [-0.39, 0.29) is 5.78 Å². The van der Waals surface area contributed by atoms with Crippen molar-refractivity contribution >= 4 is 5.78 Å². The van der Waals surface area contributed by atoms with Gasteiger partial charge < -0.3 is 10.3 Å². The minimum absolute atomic E-state index is 0.123. The SMILES string of the molecule is CCCC(C)(N)C(=O)CCc1nccn1C. The smallest absolute Gasteiger partial charge is 0.152 e. The molecule has 4 heteroatoms. The number of nitrogens with zero attached hydrogens (tertiary/aromatic N) is 2. The van der Waals surface area contributed by atoms with Crippen molar-refractivity contribution in [1.29, 1.82) is 0 Å². The number of rotatable bonds is 6. The van der Waals surface area contributed by atoms with Gasteiger partial charge in [-0.1, -0.05) is 13.3 Å². The molecule has 1 aromatic rings. The summed E-state index contributed by atoms with van der Waals surface area (Å²) >= 11 is 0. The third kappa shape index (κ3) is 3.17. The van der Waals surface area contributed by atoms with E-state index in [0.717, 1.165) is 18.7 Å². The lowest BCUT2D eigenvalue weighted by Gasteiger charge is -2.22. The second-order valence-corrected chi connectivity index (χ2v) is 4.55. The van der Waals surface area contributed by atoms with E-state index in [0.29, 0.717) is 12.8 Å². The fourth-order valence-corrected chi connectivity index (χ4v) is 1.81. The molecule has 0 saturated heterocycles. The summed E-state index contributed by atoms with van der Waals surface area (Å²) < 4.78 is 1.93. The molecule has 0 bridgehead atoms. The fraction of sp³-hybridized carbons (Fsp3) is 0.667. The largest absolute Gasteiger partial charge is 0.338 e. The molecule has 1 rings (SSSR count). The van der Waals surface area contributed by atoms with Crippen LogP contribution in [0, 0.1) is 0 Å². The quantitative estimate of drug-likeness (QED) is 0.793. The number of nitrogens with two attached hydrogens (primary N) is 1. The molecule has 0 spiro atoms. The average molecular weight is 223 g/mol. The number of aryl methyl sites for hydroxylation is 2. The van der Waals surface area contributed by atoms with E-state index in [9.17, 15) is 4.79 Å².